The lowest BCUT2D eigenvalue weighted by atomic mass is 9.89. The van der Waals surface area contributed by atoms with Crippen LogP contribution in [-0.4, -0.2) is 35.4 Å². The summed E-state index contributed by atoms with van der Waals surface area (Å²) in [6.45, 7) is 7.82. The smallest absolute Gasteiger partial charge is 0.223 e. The van der Waals surface area contributed by atoms with Gasteiger partial charge in [0.15, 0.2) is 5.78 Å². The Morgan fingerprint density at radius 1 is 0.875 bits per heavy atom. The predicted molar refractivity (Wildman–Crippen MR) is 128 cm³/mol. The van der Waals surface area contributed by atoms with E-state index in [1.807, 2.05) is 58.0 Å². The monoisotopic (exact) mass is 446 g/mol. The molecular weight excluding hydrogens is 404 g/mol. The molecule has 0 bridgehead atoms. The van der Waals surface area contributed by atoms with E-state index < -0.39 is 6.61 Å². The second-order valence-corrected chi connectivity index (χ2v) is 9.06. The molecule has 1 rings (SSSR count). The fraction of sp³-hybridized carbons (Fsp3) is 0.654. The van der Waals surface area contributed by atoms with Gasteiger partial charge in [-0.2, -0.15) is 0 Å². The largest absolute Gasteiger partial charge is 0.389 e. The molecule has 0 saturated heterocycles. The molecule has 0 aromatic heterocycles. The van der Waals surface area contributed by atoms with E-state index in [1.54, 1.807) is 0 Å². The maximum Gasteiger partial charge on any atom is 0.223 e. The van der Waals surface area contributed by atoms with Crippen LogP contribution in [0.5, 0.6) is 0 Å². The zero-order valence-corrected chi connectivity index (χ0v) is 20.2. The zero-order chi connectivity index (χ0) is 23.9. The molecule has 0 radical (unpaired) electrons. The van der Waals surface area contributed by atoms with Crippen LogP contribution < -0.4 is 10.6 Å². The minimum atomic E-state index is -0.432. The zero-order valence-electron chi connectivity index (χ0n) is 20.2. The number of carbonyl (C=O) groups excluding carboxylic acids is 3. The Bertz CT molecular complexity index is 690. The molecule has 2 amide bonds. The quantitative estimate of drug-likeness (QED) is 0.357. The molecule has 0 aliphatic heterocycles. The standard InChI is InChI=1S/C26H42N2O4/c1-5-22(26(32)28-19(2)3)14-10-16-23(15-9-11-20(4)24(30)18-29)25(31)27-17-21-12-7-6-8-13-21/h6-8,12-13,19-20,22-23,29H,5,9-11,14-18H2,1-4H3,(H,27,31)(H,28,32). The number of aliphatic hydroxyl groups excluding tert-OH is 1. The summed E-state index contributed by atoms with van der Waals surface area (Å²) in [5, 5.41) is 15.1. The number of Topliss-reactive ketones (excluding diaryl/α,β-unsaturated/α-hetero) is 1. The number of amides is 2. The van der Waals surface area contributed by atoms with Crippen LogP contribution in [0.25, 0.3) is 0 Å². The molecule has 180 valence electrons. The van der Waals surface area contributed by atoms with Crippen molar-refractivity contribution in [2.75, 3.05) is 6.61 Å². The average Bonchev–Trinajstić information content (AvgIpc) is 2.78. The fourth-order valence-electron chi connectivity index (χ4n) is 3.86. The molecule has 6 heteroatoms. The molecule has 0 fully saturated rings. The van der Waals surface area contributed by atoms with Gasteiger partial charge >= 0.3 is 0 Å². The number of ketones is 1. The van der Waals surface area contributed by atoms with Gasteiger partial charge in [0.2, 0.25) is 11.8 Å². The summed E-state index contributed by atoms with van der Waals surface area (Å²) in [6, 6.07) is 9.93. The van der Waals surface area contributed by atoms with E-state index in [0.717, 1.165) is 31.2 Å². The molecule has 0 spiro atoms. The van der Waals surface area contributed by atoms with E-state index in [-0.39, 0.29) is 41.4 Å². The maximum absolute atomic E-state index is 12.9. The van der Waals surface area contributed by atoms with Crippen molar-refractivity contribution < 1.29 is 19.5 Å². The molecule has 0 aliphatic rings. The second kappa shape index (κ2) is 15.6. The van der Waals surface area contributed by atoms with Crippen molar-refractivity contribution in [3.8, 4) is 0 Å². The number of aliphatic hydroxyl groups is 1. The molecular formula is C26H42N2O4. The van der Waals surface area contributed by atoms with Crippen molar-refractivity contribution in [1.29, 1.82) is 0 Å². The molecule has 0 heterocycles. The van der Waals surface area contributed by atoms with Crippen LogP contribution in [-0.2, 0) is 20.9 Å². The molecule has 3 unspecified atom stereocenters. The van der Waals surface area contributed by atoms with Crippen molar-refractivity contribution in [2.45, 2.75) is 85.2 Å². The number of carbonyl (C=O) groups is 3. The van der Waals surface area contributed by atoms with Crippen molar-refractivity contribution >= 4 is 17.6 Å². The number of hydrogen-bond donors (Lipinski definition) is 3. The lowest BCUT2D eigenvalue weighted by molar-refractivity contribution is -0.126. The van der Waals surface area contributed by atoms with Gasteiger partial charge in [0.1, 0.15) is 6.61 Å². The van der Waals surface area contributed by atoms with Crippen LogP contribution in [0.1, 0.15) is 78.2 Å². The summed E-state index contributed by atoms with van der Waals surface area (Å²) in [5.74, 6) is -0.429. The Morgan fingerprint density at radius 2 is 1.47 bits per heavy atom. The normalized spacial score (nSPS) is 13.9. The number of benzene rings is 1. The summed E-state index contributed by atoms with van der Waals surface area (Å²) >= 11 is 0. The summed E-state index contributed by atoms with van der Waals surface area (Å²) in [5.41, 5.74) is 1.05. The van der Waals surface area contributed by atoms with E-state index >= 15 is 0 Å². The van der Waals surface area contributed by atoms with Gasteiger partial charge in [0, 0.05) is 30.3 Å². The van der Waals surface area contributed by atoms with Crippen LogP contribution in [0.15, 0.2) is 30.3 Å². The number of hydrogen-bond acceptors (Lipinski definition) is 4. The summed E-state index contributed by atoms with van der Waals surface area (Å²) < 4.78 is 0. The Balaban J connectivity index is 2.63. The molecule has 3 atom stereocenters. The van der Waals surface area contributed by atoms with E-state index in [2.05, 4.69) is 10.6 Å². The first-order valence-electron chi connectivity index (χ1n) is 12.0. The van der Waals surface area contributed by atoms with Gasteiger partial charge in [0.05, 0.1) is 0 Å². The molecule has 0 saturated carbocycles. The van der Waals surface area contributed by atoms with Gasteiger partial charge in [-0.25, -0.2) is 0 Å². The topological polar surface area (TPSA) is 95.5 Å². The molecule has 3 N–H and O–H groups in total. The minimum Gasteiger partial charge on any atom is -0.389 e. The lowest BCUT2D eigenvalue weighted by Gasteiger charge is -2.20. The van der Waals surface area contributed by atoms with Crippen LogP contribution in [0.2, 0.25) is 0 Å². The van der Waals surface area contributed by atoms with Crippen molar-refractivity contribution in [3.63, 3.8) is 0 Å². The van der Waals surface area contributed by atoms with Gasteiger partial charge in [-0.15, -0.1) is 0 Å². The van der Waals surface area contributed by atoms with Crippen LogP contribution in [0.4, 0.5) is 0 Å². The Labute approximate surface area is 193 Å². The minimum absolute atomic E-state index is 0.0228. The highest BCUT2D eigenvalue weighted by atomic mass is 16.3. The van der Waals surface area contributed by atoms with Crippen LogP contribution in [0.3, 0.4) is 0 Å². The summed E-state index contributed by atoms with van der Waals surface area (Å²) in [4.78, 5) is 36.9. The fourth-order valence-corrected chi connectivity index (χ4v) is 3.86. The predicted octanol–water partition coefficient (Wildman–Crippen LogP) is 4.01. The summed E-state index contributed by atoms with van der Waals surface area (Å²) in [6.07, 6.45) is 5.17. The number of nitrogens with one attached hydrogen (secondary N) is 2. The van der Waals surface area contributed by atoms with E-state index in [1.165, 1.54) is 0 Å². The third-order valence-corrected chi connectivity index (χ3v) is 5.98. The molecule has 32 heavy (non-hydrogen) atoms. The highest BCUT2D eigenvalue weighted by molar-refractivity contribution is 5.81. The molecule has 1 aromatic rings. The second-order valence-electron chi connectivity index (χ2n) is 9.06. The van der Waals surface area contributed by atoms with Crippen molar-refractivity contribution in [3.05, 3.63) is 35.9 Å². The van der Waals surface area contributed by atoms with Gasteiger partial charge in [-0.1, -0.05) is 57.0 Å². The molecule has 0 aliphatic carbocycles. The first-order chi connectivity index (χ1) is 15.3. The maximum atomic E-state index is 12.9. The van der Waals surface area contributed by atoms with Crippen LogP contribution >= 0.6 is 0 Å². The van der Waals surface area contributed by atoms with Crippen molar-refractivity contribution in [2.24, 2.45) is 17.8 Å². The number of rotatable bonds is 16. The first kappa shape index (κ1) is 27.8. The average molecular weight is 447 g/mol. The Kier molecular flexibility index (Phi) is 13.5. The molecule has 1 aromatic carbocycles. The Morgan fingerprint density at radius 3 is 2.03 bits per heavy atom. The highest BCUT2D eigenvalue weighted by Crippen LogP contribution is 2.22. The van der Waals surface area contributed by atoms with E-state index in [4.69, 9.17) is 5.11 Å². The van der Waals surface area contributed by atoms with Gasteiger partial charge < -0.3 is 15.7 Å². The van der Waals surface area contributed by atoms with E-state index in [0.29, 0.717) is 25.8 Å². The first-order valence-corrected chi connectivity index (χ1v) is 12.0. The van der Waals surface area contributed by atoms with Crippen molar-refractivity contribution in [1.82, 2.24) is 10.6 Å². The van der Waals surface area contributed by atoms with Crippen LogP contribution in [0, 0.1) is 17.8 Å². The van der Waals surface area contributed by atoms with Gasteiger partial charge in [0.25, 0.3) is 0 Å². The molecule has 6 nitrogen and oxygen atoms in total. The highest BCUT2D eigenvalue weighted by Gasteiger charge is 2.22. The third kappa shape index (κ3) is 10.9. The Hall–Kier alpha value is -2.21. The van der Waals surface area contributed by atoms with E-state index in [9.17, 15) is 14.4 Å². The SMILES string of the molecule is CCC(CCCC(CCCC(C)C(=O)CO)C(=O)NCc1ccccc1)C(=O)NC(C)C. The lowest BCUT2D eigenvalue weighted by Crippen LogP contribution is -2.35. The van der Waals surface area contributed by atoms with Gasteiger partial charge in [-0.3, -0.25) is 14.4 Å². The third-order valence-electron chi connectivity index (χ3n) is 5.98. The van der Waals surface area contributed by atoms with Gasteiger partial charge in [-0.05, 0) is 51.5 Å². The summed E-state index contributed by atoms with van der Waals surface area (Å²) in [7, 11) is 0.